The van der Waals surface area contributed by atoms with Crippen LogP contribution in [-0.4, -0.2) is 33.6 Å². The van der Waals surface area contributed by atoms with Gasteiger partial charge in [0.05, 0.1) is 0 Å². The first-order chi connectivity index (χ1) is 11.2. The van der Waals surface area contributed by atoms with E-state index in [-0.39, 0.29) is 28.7 Å². The Morgan fingerprint density at radius 1 is 1.29 bits per heavy atom. The highest BCUT2D eigenvalue weighted by atomic mass is 32.1. The minimum Gasteiger partial charge on any atom is -0.348 e. The first-order valence-corrected chi connectivity index (χ1v) is 7.22. The van der Waals surface area contributed by atoms with Crippen molar-refractivity contribution >= 4 is 24.3 Å². The van der Waals surface area contributed by atoms with Crippen molar-refractivity contribution in [3.63, 3.8) is 0 Å². The molecule has 1 aromatic heterocycles. The lowest BCUT2D eigenvalue weighted by molar-refractivity contribution is -0.159. The van der Waals surface area contributed by atoms with Gasteiger partial charge in [-0.15, -0.1) is 0 Å². The van der Waals surface area contributed by atoms with Crippen molar-refractivity contribution in [3.8, 4) is 11.4 Å². The Hall–Kier alpha value is -2.36. The number of thiol groups is 1. The number of carbonyl (C=O) groups excluding carboxylic acids is 2. The van der Waals surface area contributed by atoms with Crippen molar-refractivity contribution < 1.29 is 27.3 Å². The largest absolute Gasteiger partial charge is 0.471 e. The third-order valence-corrected chi connectivity index (χ3v) is 3.02. The molecule has 1 N–H and O–H groups in total. The number of aromatic nitrogens is 2. The first-order valence-electron chi connectivity index (χ1n) is 6.70. The maximum absolute atomic E-state index is 12.4. The normalized spacial score (nSPS) is 12.7. The zero-order valence-corrected chi connectivity index (χ0v) is 13.2. The number of amides is 1. The molecule has 1 unspecified atom stereocenters. The second-order valence-electron chi connectivity index (χ2n) is 4.89. The second kappa shape index (κ2) is 7.04. The van der Waals surface area contributed by atoms with Gasteiger partial charge in [0, 0.05) is 22.9 Å². The zero-order valence-electron chi connectivity index (χ0n) is 12.3. The highest BCUT2D eigenvalue weighted by Crippen LogP contribution is 2.29. The molecule has 128 valence electrons. The summed E-state index contributed by atoms with van der Waals surface area (Å²) in [6, 6.07) is 5.25. The zero-order chi connectivity index (χ0) is 17.9. The molecule has 0 aliphatic rings. The minimum absolute atomic E-state index is 0.0857. The van der Waals surface area contributed by atoms with Gasteiger partial charge in [0.2, 0.25) is 11.6 Å². The van der Waals surface area contributed by atoms with Crippen molar-refractivity contribution in [2.24, 2.45) is 0 Å². The van der Waals surface area contributed by atoms with Gasteiger partial charge in [-0.1, -0.05) is 36.3 Å². The molecule has 24 heavy (non-hydrogen) atoms. The quantitative estimate of drug-likeness (QED) is 0.486. The summed E-state index contributed by atoms with van der Waals surface area (Å²) in [6.07, 6.45) is -4.73. The van der Waals surface area contributed by atoms with Gasteiger partial charge in [0.1, 0.15) is 0 Å². The van der Waals surface area contributed by atoms with Gasteiger partial charge in [-0.05, 0) is 0 Å². The molecule has 0 aliphatic carbocycles. The number of hydrogen-bond acceptors (Lipinski definition) is 6. The van der Waals surface area contributed by atoms with Crippen LogP contribution in [0.2, 0.25) is 0 Å². The molecule has 1 atom stereocenters. The molecular formula is C14H12F3N3O3S. The fourth-order valence-corrected chi connectivity index (χ4v) is 1.77. The summed E-state index contributed by atoms with van der Waals surface area (Å²) in [5.41, 5.74) is 0.304. The topological polar surface area (TPSA) is 85.1 Å². The van der Waals surface area contributed by atoms with E-state index in [1.165, 1.54) is 24.3 Å². The average Bonchev–Trinajstić information content (AvgIpc) is 3.02. The molecule has 0 fully saturated rings. The summed E-state index contributed by atoms with van der Waals surface area (Å²) in [4.78, 5) is 26.8. The fourth-order valence-electron chi connectivity index (χ4n) is 1.68. The van der Waals surface area contributed by atoms with E-state index in [2.05, 4.69) is 32.6 Å². The number of alkyl halides is 3. The molecule has 2 aromatic rings. The van der Waals surface area contributed by atoms with E-state index in [0.717, 1.165) is 0 Å². The molecule has 0 saturated heterocycles. The lowest BCUT2D eigenvalue weighted by atomic mass is 10.1. The summed E-state index contributed by atoms with van der Waals surface area (Å²) in [5.74, 6) is -3.28. The number of carbonyl (C=O) groups is 2. The van der Waals surface area contributed by atoms with Crippen LogP contribution >= 0.6 is 12.6 Å². The molecule has 0 bridgehead atoms. The molecule has 2 rings (SSSR count). The third-order valence-electron chi connectivity index (χ3n) is 2.84. The standard InChI is InChI=1S/C14H12F3N3O3S/c1-7(24)6-18-12(22)10(21)8-2-4-9(5-3-8)11-19-13(23-20-11)14(15,16)17/h2-5,7,24H,6H2,1H3,(H,18,22). The van der Waals surface area contributed by atoms with Crippen molar-refractivity contribution in [3.05, 3.63) is 35.7 Å². The average molecular weight is 359 g/mol. The van der Waals surface area contributed by atoms with E-state index < -0.39 is 23.8 Å². The Morgan fingerprint density at radius 2 is 1.92 bits per heavy atom. The van der Waals surface area contributed by atoms with Crippen LogP contribution in [0.15, 0.2) is 28.8 Å². The minimum atomic E-state index is -4.73. The lowest BCUT2D eigenvalue weighted by Crippen LogP contribution is -2.34. The Balaban J connectivity index is 2.11. The SMILES string of the molecule is CC(S)CNC(=O)C(=O)c1ccc(-c2noc(C(F)(F)F)n2)cc1. The number of Topliss-reactive ketones (excluding diaryl/α,β-unsaturated/α-hetero) is 1. The van der Waals surface area contributed by atoms with Gasteiger partial charge in [-0.25, -0.2) is 0 Å². The van der Waals surface area contributed by atoms with E-state index in [0.29, 0.717) is 0 Å². The van der Waals surface area contributed by atoms with Crippen LogP contribution in [0.25, 0.3) is 11.4 Å². The predicted octanol–water partition coefficient (Wildman–Crippen LogP) is 2.37. The van der Waals surface area contributed by atoms with Crippen molar-refractivity contribution in [1.82, 2.24) is 15.5 Å². The Labute approximate surface area is 139 Å². The van der Waals surface area contributed by atoms with Gasteiger partial charge in [0.15, 0.2) is 0 Å². The summed E-state index contributed by atoms with van der Waals surface area (Å²) < 4.78 is 41.4. The molecule has 0 aliphatic heterocycles. The van der Waals surface area contributed by atoms with Crippen LogP contribution in [0.5, 0.6) is 0 Å². The van der Waals surface area contributed by atoms with Crippen LogP contribution in [0.3, 0.4) is 0 Å². The highest BCUT2D eigenvalue weighted by molar-refractivity contribution is 7.80. The maximum Gasteiger partial charge on any atom is 0.471 e. The number of ketones is 1. The molecule has 1 aromatic carbocycles. The molecule has 1 amide bonds. The molecule has 10 heteroatoms. The number of benzene rings is 1. The van der Waals surface area contributed by atoms with Crippen LogP contribution in [0.4, 0.5) is 13.2 Å². The van der Waals surface area contributed by atoms with Crippen LogP contribution in [0.1, 0.15) is 23.2 Å². The molecule has 0 radical (unpaired) electrons. The highest BCUT2D eigenvalue weighted by Gasteiger charge is 2.38. The van der Waals surface area contributed by atoms with Crippen molar-refractivity contribution in [2.45, 2.75) is 18.3 Å². The number of rotatable bonds is 5. The number of nitrogens with one attached hydrogen (secondary N) is 1. The van der Waals surface area contributed by atoms with E-state index in [1.807, 2.05) is 0 Å². The molecule has 0 spiro atoms. The number of nitrogens with zero attached hydrogens (tertiary/aromatic N) is 2. The molecular weight excluding hydrogens is 347 g/mol. The molecule has 0 saturated carbocycles. The summed E-state index contributed by atoms with van der Waals surface area (Å²) in [5, 5.41) is 5.54. The Kier molecular flexibility index (Phi) is 5.27. The van der Waals surface area contributed by atoms with E-state index in [4.69, 9.17) is 0 Å². The monoisotopic (exact) mass is 359 g/mol. The summed E-state index contributed by atoms with van der Waals surface area (Å²) in [7, 11) is 0. The molecule has 6 nitrogen and oxygen atoms in total. The summed E-state index contributed by atoms with van der Waals surface area (Å²) in [6.45, 7) is 1.98. The summed E-state index contributed by atoms with van der Waals surface area (Å²) >= 11 is 4.08. The van der Waals surface area contributed by atoms with Gasteiger partial charge < -0.3 is 9.84 Å². The van der Waals surface area contributed by atoms with Crippen molar-refractivity contribution in [1.29, 1.82) is 0 Å². The van der Waals surface area contributed by atoms with E-state index in [1.54, 1.807) is 6.92 Å². The fraction of sp³-hybridized carbons (Fsp3) is 0.286. The van der Waals surface area contributed by atoms with Crippen LogP contribution in [-0.2, 0) is 11.0 Å². The third kappa shape index (κ3) is 4.34. The Morgan fingerprint density at radius 3 is 2.42 bits per heavy atom. The van der Waals surface area contributed by atoms with Crippen molar-refractivity contribution in [2.75, 3.05) is 6.54 Å². The molecule has 1 heterocycles. The van der Waals surface area contributed by atoms with Crippen LogP contribution in [0, 0.1) is 0 Å². The smallest absolute Gasteiger partial charge is 0.348 e. The first kappa shape index (κ1) is 18.0. The van der Waals surface area contributed by atoms with Gasteiger partial charge in [0.25, 0.3) is 5.91 Å². The number of hydrogen-bond donors (Lipinski definition) is 2. The predicted molar refractivity (Wildman–Crippen MR) is 80.5 cm³/mol. The van der Waals surface area contributed by atoms with E-state index in [9.17, 15) is 22.8 Å². The maximum atomic E-state index is 12.4. The second-order valence-corrected chi connectivity index (χ2v) is 5.77. The van der Waals surface area contributed by atoms with Crippen LogP contribution < -0.4 is 5.32 Å². The number of halogens is 3. The van der Waals surface area contributed by atoms with Gasteiger partial charge >= 0.3 is 12.1 Å². The Bertz CT molecular complexity index is 742. The van der Waals surface area contributed by atoms with E-state index >= 15 is 0 Å². The lowest BCUT2D eigenvalue weighted by Gasteiger charge is -2.06. The van der Waals surface area contributed by atoms with Gasteiger partial charge in [-0.3, -0.25) is 9.59 Å². The van der Waals surface area contributed by atoms with Gasteiger partial charge in [-0.2, -0.15) is 30.8 Å².